The summed E-state index contributed by atoms with van der Waals surface area (Å²) in [6.07, 6.45) is 4.32. The van der Waals surface area contributed by atoms with Crippen LogP contribution in [0.25, 0.3) is 0 Å². The second kappa shape index (κ2) is 5.99. The van der Waals surface area contributed by atoms with E-state index in [2.05, 4.69) is 20.6 Å². The van der Waals surface area contributed by atoms with Crippen molar-refractivity contribution in [2.75, 3.05) is 18.9 Å². The minimum Gasteiger partial charge on any atom is -0.373 e. The molecule has 0 bridgehead atoms. The number of hydrogen-bond acceptors (Lipinski definition) is 4. The number of carbonyl (C=O) groups is 1. The first-order valence-corrected chi connectivity index (χ1v) is 6.10. The van der Waals surface area contributed by atoms with Gasteiger partial charge in [0.05, 0.1) is 0 Å². The Morgan fingerprint density at radius 3 is 2.95 bits per heavy atom. The molecule has 1 amide bonds. The quantitative estimate of drug-likeness (QED) is 0.834. The van der Waals surface area contributed by atoms with Crippen molar-refractivity contribution in [3.8, 4) is 0 Å². The van der Waals surface area contributed by atoms with Crippen LogP contribution in [-0.4, -0.2) is 34.0 Å². The molecule has 0 aromatic carbocycles. The van der Waals surface area contributed by atoms with Crippen LogP contribution in [0.1, 0.15) is 16.3 Å². The molecule has 2 N–H and O–H groups in total. The van der Waals surface area contributed by atoms with Gasteiger partial charge in [0, 0.05) is 39.5 Å². The van der Waals surface area contributed by atoms with E-state index in [9.17, 15) is 4.79 Å². The van der Waals surface area contributed by atoms with E-state index in [1.807, 2.05) is 23.9 Å². The van der Waals surface area contributed by atoms with E-state index in [-0.39, 0.29) is 5.91 Å². The standard InChI is InChI=1S/C13H17N5O/c1-14-11-5-3-4-10(17-11)13(19)16-7-6-12-15-8-9-18(12)2/h3-5,8-9H,6-7H2,1-2H3,(H,14,17)(H,16,19). The summed E-state index contributed by atoms with van der Waals surface area (Å²) in [7, 11) is 3.70. The summed E-state index contributed by atoms with van der Waals surface area (Å²) in [4.78, 5) is 20.3. The summed E-state index contributed by atoms with van der Waals surface area (Å²) in [5.74, 6) is 1.44. The van der Waals surface area contributed by atoms with Crippen LogP contribution >= 0.6 is 0 Å². The highest BCUT2D eigenvalue weighted by Gasteiger charge is 2.07. The Hall–Kier alpha value is -2.37. The molecule has 0 radical (unpaired) electrons. The molecule has 2 aromatic heterocycles. The number of carbonyl (C=O) groups excluding carboxylic acids is 1. The van der Waals surface area contributed by atoms with Gasteiger partial charge in [-0.15, -0.1) is 0 Å². The highest BCUT2D eigenvalue weighted by Crippen LogP contribution is 2.03. The number of rotatable bonds is 5. The van der Waals surface area contributed by atoms with Crippen molar-refractivity contribution in [3.05, 3.63) is 42.1 Å². The average Bonchev–Trinajstić information content (AvgIpc) is 2.84. The van der Waals surface area contributed by atoms with Gasteiger partial charge >= 0.3 is 0 Å². The third-order valence-corrected chi connectivity index (χ3v) is 2.79. The van der Waals surface area contributed by atoms with Crippen LogP contribution in [0, 0.1) is 0 Å². The monoisotopic (exact) mass is 259 g/mol. The summed E-state index contributed by atoms with van der Waals surface area (Å²) in [5.41, 5.74) is 0.409. The molecule has 0 saturated carbocycles. The SMILES string of the molecule is CNc1cccc(C(=O)NCCc2nccn2C)n1. The van der Waals surface area contributed by atoms with Crippen LogP contribution in [0.3, 0.4) is 0 Å². The largest absolute Gasteiger partial charge is 0.373 e. The Morgan fingerprint density at radius 1 is 1.42 bits per heavy atom. The normalized spacial score (nSPS) is 10.2. The summed E-state index contributed by atoms with van der Waals surface area (Å²) < 4.78 is 1.94. The van der Waals surface area contributed by atoms with Crippen molar-refractivity contribution >= 4 is 11.7 Å². The number of aryl methyl sites for hydroxylation is 1. The third kappa shape index (κ3) is 3.31. The fourth-order valence-electron chi connectivity index (χ4n) is 1.72. The van der Waals surface area contributed by atoms with Gasteiger partial charge in [0.2, 0.25) is 0 Å². The van der Waals surface area contributed by atoms with Crippen LogP contribution in [0.5, 0.6) is 0 Å². The van der Waals surface area contributed by atoms with Gasteiger partial charge in [0.15, 0.2) is 0 Å². The van der Waals surface area contributed by atoms with Gasteiger partial charge in [-0.1, -0.05) is 6.07 Å². The molecule has 0 fully saturated rings. The van der Waals surface area contributed by atoms with Crippen molar-refractivity contribution < 1.29 is 4.79 Å². The first-order valence-electron chi connectivity index (χ1n) is 6.10. The van der Waals surface area contributed by atoms with Gasteiger partial charge in [-0.3, -0.25) is 4.79 Å². The fourth-order valence-corrected chi connectivity index (χ4v) is 1.72. The number of imidazole rings is 1. The molecule has 2 rings (SSSR count). The maximum atomic E-state index is 11.9. The number of amides is 1. The van der Waals surface area contributed by atoms with Gasteiger partial charge in [-0.05, 0) is 12.1 Å². The molecule has 6 nitrogen and oxygen atoms in total. The lowest BCUT2D eigenvalue weighted by Gasteiger charge is -2.06. The zero-order valence-electron chi connectivity index (χ0n) is 11.1. The van der Waals surface area contributed by atoms with Crippen molar-refractivity contribution in [1.82, 2.24) is 19.9 Å². The molecular formula is C13H17N5O. The van der Waals surface area contributed by atoms with Crippen molar-refractivity contribution in [2.24, 2.45) is 7.05 Å². The summed E-state index contributed by atoms with van der Waals surface area (Å²) in [6, 6.07) is 5.30. The van der Waals surface area contributed by atoms with E-state index in [0.717, 1.165) is 5.82 Å². The topological polar surface area (TPSA) is 71.8 Å². The number of anilines is 1. The second-order valence-electron chi connectivity index (χ2n) is 4.12. The Morgan fingerprint density at radius 2 is 2.26 bits per heavy atom. The molecule has 0 unspecified atom stereocenters. The predicted molar refractivity (Wildman–Crippen MR) is 73.0 cm³/mol. The van der Waals surface area contributed by atoms with Crippen molar-refractivity contribution in [3.63, 3.8) is 0 Å². The Kier molecular flexibility index (Phi) is 4.12. The smallest absolute Gasteiger partial charge is 0.269 e. The molecule has 0 aliphatic carbocycles. The first-order chi connectivity index (χ1) is 9.20. The molecule has 19 heavy (non-hydrogen) atoms. The predicted octanol–water partition coefficient (Wildman–Crippen LogP) is 0.829. The zero-order chi connectivity index (χ0) is 13.7. The van der Waals surface area contributed by atoms with Crippen LogP contribution in [0.15, 0.2) is 30.6 Å². The molecule has 0 atom stereocenters. The highest BCUT2D eigenvalue weighted by atomic mass is 16.1. The molecule has 0 saturated heterocycles. The lowest BCUT2D eigenvalue weighted by molar-refractivity contribution is 0.0949. The van der Waals surface area contributed by atoms with Crippen LogP contribution in [0.2, 0.25) is 0 Å². The molecule has 0 aliphatic rings. The number of nitrogens with one attached hydrogen (secondary N) is 2. The Balaban J connectivity index is 1.89. The molecule has 6 heteroatoms. The summed E-state index contributed by atoms with van der Waals surface area (Å²) in [6.45, 7) is 0.537. The van der Waals surface area contributed by atoms with E-state index in [1.165, 1.54) is 0 Å². The van der Waals surface area contributed by atoms with E-state index >= 15 is 0 Å². The molecule has 2 aromatic rings. The maximum absolute atomic E-state index is 11.9. The van der Waals surface area contributed by atoms with Gasteiger partial charge in [0.25, 0.3) is 5.91 Å². The molecular weight excluding hydrogens is 242 g/mol. The van der Waals surface area contributed by atoms with Crippen molar-refractivity contribution in [2.45, 2.75) is 6.42 Å². The van der Waals surface area contributed by atoms with Crippen LogP contribution in [-0.2, 0) is 13.5 Å². The van der Waals surface area contributed by atoms with Gasteiger partial charge in [-0.25, -0.2) is 9.97 Å². The lowest BCUT2D eigenvalue weighted by Crippen LogP contribution is -2.27. The van der Waals surface area contributed by atoms with Gasteiger partial charge < -0.3 is 15.2 Å². The van der Waals surface area contributed by atoms with E-state index in [0.29, 0.717) is 24.5 Å². The first kappa shape index (κ1) is 13.1. The highest BCUT2D eigenvalue weighted by molar-refractivity contribution is 5.92. The number of pyridine rings is 1. The van der Waals surface area contributed by atoms with Crippen molar-refractivity contribution in [1.29, 1.82) is 0 Å². The summed E-state index contributed by atoms with van der Waals surface area (Å²) in [5, 5.41) is 5.74. The molecule has 0 aliphatic heterocycles. The second-order valence-corrected chi connectivity index (χ2v) is 4.12. The van der Waals surface area contributed by atoms with E-state index in [1.54, 1.807) is 25.4 Å². The van der Waals surface area contributed by atoms with Gasteiger partial charge in [-0.2, -0.15) is 0 Å². The number of nitrogens with zero attached hydrogens (tertiary/aromatic N) is 3. The Labute approximate surface area is 111 Å². The molecule has 0 spiro atoms. The lowest BCUT2D eigenvalue weighted by atomic mass is 10.3. The zero-order valence-corrected chi connectivity index (χ0v) is 11.1. The van der Waals surface area contributed by atoms with E-state index in [4.69, 9.17) is 0 Å². The van der Waals surface area contributed by atoms with Crippen LogP contribution < -0.4 is 10.6 Å². The number of aromatic nitrogens is 3. The van der Waals surface area contributed by atoms with E-state index < -0.39 is 0 Å². The average molecular weight is 259 g/mol. The van der Waals surface area contributed by atoms with Crippen LogP contribution in [0.4, 0.5) is 5.82 Å². The Bertz CT molecular complexity index is 564. The fraction of sp³-hybridized carbons (Fsp3) is 0.308. The molecule has 2 heterocycles. The number of hydrogen-bond donors (Lipinski definition) is 2. The van der Waals surface area contributed by atoms with Gasteiger partial charge in [0.1, 0.15) is 17.3 Å². The summed E-state index contributed by atoms with van der Waals surface area (Å²) >= 11 is 0. The minimum atomic E-state index is -0.175. The molecule has 100 valence electrons. The minimum absolute atomic E-state index is 0.175. The maximum Gasteiger partial charge on any atom is 0.269 e. The third-order valence-electron chi connectivity index (χ3n) is 2.79.